The summed E-state index contributed by atoms with van der Waals surface area (Å²) in [5.74, 6) is -1.38. The van der Waals surface area contributed by atoms with E-state index in [1.165, 1.54) is 4.90 Å². The predicted molar refractivity (Wildman–Crippen MR) is 60.9 cm³/mol. The van der Waals surface area contributed by atoms with Gasteiger partial charge in [0.1, 0.15) is 0 Å². The van der Waals surface area contributed by atoms with Gasteiger partial charge in [-0.1, -0.05) is 0 Å². The van der Waals surface area contributed by atoms with Crippen LogP contribution >= 0.6 is 0 Å². The third-order valence-electron chi connectivity index (χ3n) is 2.58. The summed E-state index contributed by atoms with van der Waals surface area (Å²) in [6.45, 7) is 2.89. The highest BCUT2D eigenvalue weighted by atomic mass is 16.2. The quantitative estimate of drug-likeness (QED) is 0.429. The highest BCUT2D eigenvalue weighted by molar-refractivity contribution is 6.36. The normalized spacial score (nSPS) is 15.5. The minimum absolute atomic E-state index is 0.191. The molecule has 0 aromatic carbocycles. The smallest absolute Gasteiger partial charge is 0.318 e. The molecule has 3 amide bonds. The molecule has 0 radical (unpaired) electrons. The van der Waals surface area contributed by atoms with Crippen LogP contribution in [0.15, 0.2) is 0 Å². The van der Waals surface area contributed by atoms with Crippen LogP contribution in [-0.4, -0.2) is 67.3 Å². The molecule has 0 saturated carbocycles. The molecule has 1 fully saturated rings. The van der Waals surface area contributed by atoms with Crippen molar-refractivity contribution in [2.24, 2.45) is 5.73 Å². The number of carbonyl (C=O) groups is 3. The zero-order valence-electron chi connectivity index (χ0n) is 9.72. The molecular weight excluding hydrogens is 224 g/mol. The Hall–Kier alpha value is -1.47. The first kappa shape index (κ1) is 13.6. The molecule has 96 valence electrons. The number of hydrogen-bond donors (Lipinski definition) is 2. The molecule has 7 nitrogen and oxygen atoms in total. The van der Waals surface area contributed by atoms with Gasteiger partial charge in [-0.3, -0.25) is 19.3 Å². The lowest BCUT2D eigenvalue weighted by Crippen LogP contribution is -2.52. The first-order valence-electron chi connectivity index (χ1n) is 5.66. The second-order valence-corrected chi connectivity index (χ2v) is 3.79. The standard InChI is InChI=1S/C10H18N4O3/c11-2-1-5-14(8-15)10(17)9(16)13-6-3-12-4-7-13/h8,12H,1-7,11H2. The lowest BCUT2D eigenvalue weighted by molar-refractivity contribution is -0.154. The molecule has 17 heavy (non-hydrogen) atoms. The van der Waals surface area contributed by atoms with E-state index < -0.39 is 11.8 Å². The Morgan fingerprint density at radius 3 is 2.53 bits per heavy atom. The fourth-order valence-corrected chi connectivity index (χ4v) is 1.59. The molecule has 0 bridgehead atoms. The van der Waals surface area contributed by atoms with Crippen LogP contribution in [0.5, 0.6) is 0 Å². The van der Waals surface area contributed by atoms with E-state index in [1.807, 2.05) is 0 Å². The molecule has 3 N–H and O–H groups in total. The molecule has 0 spiro atoms. The monoisotopic (exact) mass is 242 g/mol. The fourth-order valence-electron chi connectivity index (χ4n) is 1.59. The Kier molecular flexibility index (Phi) is 5.58. The summed E-state index contributed by atoms with van der Waals surface area (Å²) in [6, 6.07) is 0. The zero-order chi connectivity index (χ0) is 12.7. The lowest BCUT2D eigenvalue weighted by Gasteiger charge is -2.28. The van der Waals surface area contributed by atoms with Crippen LogP contribution in [0.2, 0.25) is 0 Å². The van der Waals surface area contributed by atoms with Crippen molar-refractivity contribution >= 4 is 18.2 Å². The molecule has 0 aromatic heterocycles. The van der Waals surface area contributed by atoms with E-state index in [-0.39, 0.29) is 6.54 Å². The molecular formula is C10H18N4O3. The van der Waals surface area contributed by atoms with Gasteiger partial charge in [-0.2, -0.15) is 0 Å². The molecule has 0 atom stereocenters. The van der Waals surface area contributed by atoms with E-state index in [0.29, 0.717) is 45.6 Å². The number of rotatable bonds is 4. The topological polar surface area (TPSA) is 95.7 Å². The Labute approximate surface area is 99.9 Å². The predicted octanol–water partition coefficient (Wildman–Crippen LogP) is -2.25. The van der Waals surface area contributed by atoms with Gasteiger partial charge < -0.3 is 16.0 Å². The van der Waals surface area contributed by atoms with Gasteiger partial charge in [-0.25, -0.2) is 0 Å². The third-order valence-corrected chi connectivity index (χ3v) is 2.58. The van der Waals surface area contributed by atoms with E-state index in [4.69, 9.17) is 5.73 Å². The van der Waals surface area contributed by atoms with E-state index in [9.17, 15) is 14.4 Å². The first-order chi connectivity index (χ1) is 8.20. The molecule has 1 rings (SSSR count). The number of nitrogens with one attached hydrogen (secondary N) is 1. The molecule has 1 heterocycles. The fraction of sp³-hybridized carbons (Fsp3) is 0.700. The third kappa shape index (κ3) is 3.79. The molecule has 1 aliphatic heterocycles. The Morgan fingerprint density at radius 2 is 2.00 bits per heavy atom. The van der Waals surface area contributed by atoms with Crippen molar-refractivity contribution in [3.63, 3.8) is 0 Å². The number of nitrogens with two attached hydrogens (primary N) is 1. The highest BCUT2D eigenvalue weighted by Gasteiger charge is 2.27. The first-order valence-corrected chi connectivity index (χ1v) is 5.66. The average molecular weight is 242 g/mol. The van der Waals surface area contributed by atoms with Gasteiger partial charge in [-0.15, -0.1) is 0 Å². The van der Waals surface area contributed by atoms with Crippen molar-refractivity contribution < 1.29 is 14.4 Å². The van der Waals surface area contributed by atoms with Gasteiger partial charge in [-0.05, 0) is 13.0 Å². The number of piperazine rings is 1. The summed E-state index contributed by atoms with van der Waals surface area (Å²) in [7, 11) is 0. The van der Waals surface area contributed by atoms with Crippen LogP contribution in [0.3, 0.4) is 0 Å². The maximum absolute atomic E-state index is 11.8. The Morgan fingerprint density at radius 1 is 1.35 bits per heavy atom. The van der Waals surface area contributed by atoms with Crippen molar-refractivity contribution in [1.82, 2.24) is 15.1 Å². The SMILES string of the molecule is NCCCN(C=O)C(=O)C(=O)N1CCNCC1. The van der Waals surface area contributed by atoms with Gasteiger partial charge in [0.15, 0.2) is 0 Å². The van der Waals surface area contributed by atoms with Crippen LogP contribution in [0.1, 0.15) is 6.42 Å². The van der Waals surface area contributed by atoms with Crippen molar-refractivity contribution in [2.45, 2.75) is 6.42 Å². The van der Waals surface area contributed by atoms with Gasteiger partial charge >= 0.3 is 11.8 Å². The summed E-state index contributed by atoms with van der Waals surface area (Å²) >= 11 is 0. The largest absolute Gasteiger partial charge is 0.332 e. The Balaban J connectivity index is 2.53. The summed E-state index contributed by atoms with van der Waals surface area (Å²) < 4.78 is 0. The highest BCUT2D eigenvalue weighted by Crippen LogP contribution is 1.98. The second-order valence-electron chi connectivity index (χ2n) is 3.79. The van der Waals surface area contributed by atoms with Crippen molar-refractivity contribution in [3.05, 3.63) is 0 Å². The van der Waals surface area contributed by atoms with Crippen LogP contribution in [0.25, 0.3) is 0 Å². The number of carbonyl (C=O) groups excluding carboxylic acids is 3. The summed E-state index contributed by atoms with van der Waals surface area (Å²) in [6.07, 6.45) is 0.886. The maximum Gasteiger partial charge on any atom is 0.318 e. The van der Waals surface area contributed by atoms with Gasteiger partial charge in [0.25, 0.3) is 0 Å². The van der Waals surface area contributed by atoms with Crippen LogP contribution in [0, 0.1) is 0 Å². The van der Waals surface area contributed by atoms with E-state index in [1.54, 1.807) is 0 Å². The van der Waals surface area contributed by atoms with E-state index in [2.05, 4.69) is 5.32 Å². The number of imide groups is 1. The lowest BCUT2D eigenvalue weighted by atomic mass is 10.3. The van der Waals surface area contributed by atoms with E-state index in [0.717, 1.165) is 4.90 Å². The molecule has 0 unspecified atom stereocenters. The molecule has 7 heteroatoms. The van der Waals surface area contributed by atoms with Crippen LogP contribution in [-0.2, 0) is 14.4 Å². The van der Waals surface area contributed by atoms with E-state index >= 15 is 0 Å². The molecule has 0 aliphatic carbocycles. The average Bonchev–Trinajstić information content (AvgIpc) is 2.39. The molecule has 1 aliphatic rings. The summed E-state index contributed by atoms with van der Waals surface area (Å²) in [5.41, 5.74) is 5.29. The van der Waals surface area contributed by atoms with Gasteiger partial charge in [0, 0.05) is 32.7 Å². The minimum Gasteiger partial charge on any atom is -0.332 e. The van der Waals surface area contributed by atoms with Crippen molar-refractivity contribution in [2.75, 3.05) is 39.3 Å². The maximum atomic E-state index is 11.8. The zero-order valence-corrected chi connectivity index (χ0v) is 9.72. The number of nitrogens with zero attached hydrogens (tertiary/aromatic N) is 2. The molecule has 0 aromatic rings. The minimum atomic E-state index is -0.768. The molecule has 1 saturated heterocycles. The Bertz CT molecular complexity index is 289. The second kappa shape index (κ2) is 6.97. The van der Waals surface area contributed by atoms with Gasteiger partial charge in [0.2, 0.25) is 6.41 Å². The van der Waals surface area contributed by atoms with Crippen LogP contribution in [0.4, 0.5) is 0 Å². The number of hydrogen-bond acceptors (Lipinski definition) is 5. The number of amides is 3. The summed E-state index contributed by atoms with van der Waals surface area (Å²) in [5, 5.41) is 3.08. The summed E-state index contributed by atoms with van der Waals surface area (Å²) in [4.78, 5) is 36.6. The van der Waals surface area contributed by atoms with Crippen molar-refractivity contribution in [1.29, 1.82) is 0 Å². The van der Waals surface area contributed by atoms with Crippen LogP contribution < -0.4 is 11.1 Å². The van der Waals surface area contributed by atoms with Gasteiger partial charge in [0.05, 0.1) is 0 Å². The van der Waals surface area contributed by atoms with Crippen molar-refractivity contribution in [3.8, 4) is 0 Å².